The molecule has 154 valence electrons. The topological polar surface area (TPSA) is 106 Å². The quantitative estimate of drug-likeness (QED) is 0.523. The number of nitrogen functional groups attached to an aromatic ring is 1. The number of hydrogen-bond donors (Lipinski definition) is 3. The predicted molar refractivity (Wildman–Crippen MR) is 117 cm³/mol. The van der Waals surface area contributed by atoms with Crippen molar-refractivity contribution in [3.05, 3.63) is 60.3 Å². The summed E-state index contributed by atoms with van der Waals surface area (Å²) in [5, 5.41) is 4.10. The standard InChI is InChI=1S/C21H26N4O3S/c1-21(2,25-29(3,26)27)14-24-20-17-10-9-16(11-19(17)23-12-18(20)22)28-13-15-7-5-4-6-8-15/h4-12,25H,13-14,22H2,1-3H3,(H,23,24). The van der Waals surface area contributed by atoms with Crippen molar-refractivity contribution >= 4 is 32.3 Å². The highest BCUT2D eigenvalue weighted by atomic mass is 32.2. The third-order valence-corrected chi connectivity index (χ3v) is 5.21. The number of hydrogen-bond acceptors (Lipinski definition) is 6. The lowest BCUT2D eigenvalue weighted by Gasteiger charge is -2.26. The molecule has 0 aliphatic carbocycles. The van der Waals surface area contributed by atoms with Crippen molar-refractivity contribution in [1.29, 1.82) is 0 Å². The number of aromatic nitrogens is 1. The summed E-state index contributed by atoms with van der Waals surface area (Å²) in [5.74, 6) is 0.712. The normalized spacial score (nSPS) is 12.1. The van der Waals surface area contributed by atoms with Crippen LogP contribution in [-0.4, -0.2) is 31.7 Å². The first-order valence-electron chi connectivity index (χ1n) is 9.21. The van der Waals surface area contributed by atoms with Crippen molar-refractivity contribution in [1.82, 2.24) is 9.71 Å². The second-order valence-electron chi connectivity index (χ2n) is 7.65. The first kappa shape index (κ1) is 20.9. The van der Waals surface area contributed by atoms with Gasteiger partial charge in [0.15, 0.2) is 0 Å². The van der Waals surface area contributed by atoms with Gasteiger partial charge < -0.3 is 15.8 Å². The van der Waals surface area contributed by atoms with E-state index in [4.69, 9.17) is 10.5 Å². The third kappa shape index (κ3) is 5.82. The van der Waals surface area contributed by atoms with E-state index in [1.807, 2.05) is 48.5 Å². The molecule has 2 aromatic carbocycles. The van der Waals surface area contributed by atoms with Crippen LogP contribution in [0.4, 0.5) is 11.4 Å². The summed E-state index contributed by atoms with van der Waals surface area (Å²) in [5.41, 5.74) is 8.46. The lowest BCUT2D eigenvalue weighted by atomic mass is 10.1. The minimum atomic E-state index is -3.32. The molecule has 0 saturated carbocycles. The summed E-state index contributed by atoms with van der Waals surface area (Å²) < 4.78 is 31.6. The Labute approximate surface area is 171 Å². The van der Waals surface area contributed by atoms with Crippen LogP contribution in [0.5, 0.6) is 5.75 Å². The highest BCUT2D eigenvalue weighted by molar-refractivity contribution is 7.88. The van der Waals surface area contributed by atoms with Crippen LogP contribution in [0.25, 0.3) is 10.9 Å². The Bertz CT molecular complexity index is 1100. The number of nitrogens with two attached hydrogens (primary N) is 1. The van der Waals surface area contributed by atoms with Gasteiger partial charge >= 0.3 is 0 Å². The van der Waals surface area contributed by atoms with Gasteiger partial charge in [0.2, 0.25) is 10.0 Å². The first-order valence-corrected chi connectivity index (χ1v) is 11.1. The fraction of sp³-hybridized carbons (Fsp3) is 0.286. The van der Waals surface area contributed by atoms with Gasteiger partial charge in [-0.2, -0.15) is 0 Å². The fourth-order valence-corrected chi connectivity index (χ4v) is 4.14. The Balaban J connectivity index is 1.78. The summed E-state index contributed by atoms with van der Waals surface area (Å²) >= 11 is 0. The van der Waals surface area contributed by atoms with E-state index >= 15 is 0 Å². The van der Waals surface area contributed by atoms with Gasteiger partial charge in [-0.3, -0.25) is 4.98 Å². The van der Waals surface area contributed by atoms with Crippen molar-refractivity contribution in [3.63, 3.8) is 0 Å². The van der Waals surface area contributed by atoms with Gasteiger partial charge in [0, 0.05) is 23.5 Å². The molecule has 3 aromatic rings. The number of pyridine rings is 1. The number of nitrogens with zero attached hydrogens (tertiary/aromatic N) is 1. The second kappa shape index (κ2) is 8.26. The zero-order chi connectivity index (χ0) is 21.1. The number of fused-ring (bicyclic) bond motifs is 1. The molecule has 0 amide bonds. The summed E-state index contributed by atoms with van der Waals surface area (Å²) in [6.45, 7) is 4.43. The van der Waals surface area contributed by atoms with Gasteiger partial charge in [0.05, 0.1) is 29.3 Å². The molecule has 1 heterocycles. The number of benzene rings is 2. The zero-order valence-corrected chi connectivity index (χ0v) is 17.6. The smallest absolute Gasteiger partial charge is 0.209 e. The number of nitrogens with one attached hydrogen (secondary N) is 2. The van der Waals surface area contributed by atoms with Crippen molar-refractivity contribution in [2.75, 3.05) is 23.9 Å². The molecular weight excluding hydrogens is 388 g/mol. The van der Waals surface area contributed by atoms with E-state index in [9.17, 15) is 8.42 Å². The Hall–Kier alpha value is -2.84. The zero-order valence-electron chi connectivity index (χ0n) is 16.8. The van der Waals surface area contributed by atoms with E-state index in [0.29, 0.717) is 30.3 Å². The number of rotatable bonds is 8. The molecular formula is C21H26N4O3S. The monoisotopic (exact) mass is 414 g/mol. The van der Waals surface area contributed by atoms with Gasteiger partial charge in [-0.15, -0.1) is 0 Å². The fourth-order valence-electron chi connectivity index (χ4n) is 3.06. The molecule has 7 nitrogen and oxygen atoms in total. The summed E-state index contributed by atoms with van der Waals surface area (Å²) in [6, 6.07) is 15.6. The number of sulfonamides is 1. The second-order valence-corrected chi connectivity index (χ2v) is 9.40. The maximum Gasteiger partial charge on any atom is 0.209 e. The molecule has 0 bridgehead atoms. The van der Waals surface area contributed by atoms with Gasteiger partial charge in [-0.1, -0.05) is 30.3 Å². The Morgan fingerprint density at radius 1 is 1.14 bits per heavy atom. The molecule has 29 heavy (non-hydrogen) atoms. The molecule has 0 saturated heterocycles. The van der Waals surface area contributed by atoms with Crippen LogP contribution in [0, 0.1) is 0 Å². The summed E-state index contributed by atoms with van der Waals surface area (Å²) in [7, 11) is -3.32. The van der Waals surface area contributed by atoms with E-state index in [-0.39, 0.29) is 0 Å². The average Bonchev–Trinajstić information content (AvgIpc) is 2.64. The molecule has 0 unspecified atom stereocenters. The molecule has 0 aliphatic heterocycles. The molecule has 0 atom stereocenters. The van der Waals surface area contributed by atoms with Crippen LogP contribution < -0.4 is 20.5 Å². The highest BCUT2D eigenvalue weighted by Crippen LogP contribution is 2.31. The van der Waals surface area contributed by atoms with Gasteiger partial charge in [0.1, 0.15) is 12.4 Å². The van der Waals surface area contributed by atoms with E-state index in [0.717, 1.165) is 22.7 Å². The number of ether oxygens (including phenoxy) is 1. The van der Waals surface area contributed by atoms with Crippen molar-refractivity contribution in [2.24, 2.45) is 0 Å². The maximum atomic E-state index is 11.6. The molecule has 8 heteroatoms. The van der Waals surface area contributed by atoms with Gasteiger partial charge in [0.25, 0.3) is 0 Å². The molecule has 0 spiro atoms. The molecule has 3 rings (SSSR count). The predicted octanol–water partition coefficient (Wildman–Crippen LogP) is 3.14. The van der Waals surface area contributed by atoms with Crippen LogP contribution in [-0.2, 0) is 16.6 Å². The van der Waals surface area contributed by atoms with Crippen molar-refractivity contribution in [3.8, 4) is 5.75 Å². The lowest BCUT2D eigenvalue weighted by Crippen LogP contribution is -2.47. The van der Waals surface area contributed by atoms with Gasteiger partial charge in [-0.25, -0.2) is 13.1 Å². The van der Waals surface area contributed by atoms with Gasteiger partial charge in [-0.05, 0) is 31.5 Å². The van der Waals surface area contributed by atoms with Crippen molar-refractivity contribution in [2.45, 2.75) is 26.0 Å². The highest BCUT2D eigenvalue weighted by Gasteiger charge is 2.22. The van der Waals surface area contributed by atoms with Crippen LogP contribution in [0.2, 0.25) is 0 Å². The minimum Gasteiger partial charge on any atom is -0.489 e. The maximum absolute atomic E-state index is 11.6. The SMILES string of the molecule is CC(C)(CNc1c(N)cnc2cc(OCc3ccccc3)ccc12)NS(C)(=O)=O. The average molecular weight is 415 g/mol. The lowest BCUT2D eigenvalue weighted by molar-refractivity contribution is 0.306. The molecule has 1 aromatic heterocycles. The number of anilines is 2. The Kier molecular flexibility index (Phi) is 5.95. The molecule has 0 aliphatic rings. The molecule has 0 radical (unpaired) electrons. The Morgan fingerprint density at radius 3 is 2.55 bits per heavy atom. The molecule has 0 fully saturated rings. The van der Waals surface area contributed by atoms with E-state index in [1.165, 1.54) is 0 Å². The van der Waals surface area contributed by atoms with Crippen LogP contribution in [0.1, 0.15) is 19.4 Å². The summed E-state index contributed by atoms with van der Waals surface area (Å²) in [6.07, 6.45) is 2.73. The molecule has 4 N–H and O–H groups in total. The van der Waals surface area contributed by atoms with E-state index in [2.05, 4.69) is 15.0 Å². The minimum absolute atomic E-state index is 0.357. The van der Waals surface area contributed by atoms with E-state index < -0.39 is 15.6 Å². The Morgan fingerprint density at radius 2 is 1.86 bits per heavy atom. The van der Waals surface area contributed by atoms with Crippen molar-refractivity contribution < 1.29 is 13.2 Å². The van der Waals surface area contributed by atoms with Crippen LogP contribution in [0.3, 0.4) is 0 Å². The summed E-state index contributed by atoms with van der Waals surface area (Å²) in [4.78, 5) is 4.40. The van der Waals surface area contributed by atoms with Crippen LogP contribution >= 0.6 is 0 Å². The largest absolute Gasteiger partial charge is 0.489 e. The third-order valence-electron chi connectivity index (χ3n) is 4.29. The van der Waals surface area contributed by atoms with E-state index in [1.54, 1.807) is 20.0 Å². The first-order chi connectivity index (χ1) is 13.6. The van der Waals surface area contributed by atoms with Crippen LogP contribution in [0.15, 0.2) is 54.7 Å².